The first-order chi connectivity index (χ1) is 8.84. The highest BCUT2D eigenvalue weighted by molar-refractivity contribution is 5.90. The molecule has 0 aliphatic heterocycles. The van der Waals surface area contributed by atoms with Crippen LogP contribution in [0.4, 0.5) is 13.2 Å². The maximum Gasteiger partial charge on any atom is 0.338 e. The largest absolute Gasteiger partial charge is 0.478 e. The summed E-state index contributed by atoms with van der Waals surface area (Å²) in [6.07, 6.45) is 1.89. The summed E-state index contributed by atoms with van der Waals surface area (Å²) in [4.78, 5) is 10.4. The average Bonchev–Trinajstić information content (AvgIpc) is 2.34. The summed E-state index contributed by atoms with van der Waals surface area (Å²) in [5.74, 6) is -4.14. The summed E-state index contributed by atoms with van der Waals surface area (Å²) in [6, 6.07) is 3.36. The van der Waals surface area contributed by atoms with Gasteiger partial charge in [0.05, 0.1) is 5.57 Å². The van der Waals surface area contributed by atoms with Crippen LogP contribution in [0.3, 0.4) is 0 Å². The summed E-state index contributed by atoms with van der Waals surface area (Å²) in [7, 11) is 0. The molecule has 2 nitrogen and oxygen atoms in total. The Hall–Kier alpha value is -2.30. The Morgan fingerprint density at radius 1 is 1.26 bits per heavy atom. The summed E-state index contributed by atoms with van der Waals surface area (Å²) in [5.41, 5.74) is -0.880. The Morgan fingerprint density at radius 3 is 2.26 bits per heavy atom. The highest BCUT2D eigenvalue weighted by atomic mass is 19.1. The number of hydrogen-bond acceptors (Lipinski definition) is 1. The van der Waals surface area contributed by atoms with Crippen LogP contribution < -0.4 is 0 Å². The van der Waals surface area contributed by atoms with Crippen LogP contribution in [0.15, 0.2) is 48.3 Å². The third-order valence-electron chi connectivity index (χ3n) is 2.38. The molecule has 0 bridgehead atoms. The maximum absolute atomic E-state index is 13.4. The number of rotatable bonds is 4. The fourth-order valence-electron chi connectivity index (χ4n) is 1.36. The van der Waals surface area contributed by atoms with Crippen molar-refractivity contribution in [3.05, 3.63) is 65.5 Å². The Labute approximate surface area is 108 Å². The van der Waals surface area contributed by atoms with E-state index < -0.39 is 29.0 Å². The molecule has 0 atom stereocenters. The van der Waals surface area contributed by atoms with E-state index >= 15 is 0 Å². The molecular weight excluding hydrogens is 257 g/mol. The van der Waals surface area contributed by atoms with Crippen LogP contribution in [-0.4, -0.2) is 11.1 Å². The molecule has 19 heavy (non-hydrogen) atoms. The van der Waals surface area contributed by atoms with Gasteiger partial charge in [0.15, 0.2) is 0 Å². The van der Waals surface area contributed by atoms with E-state index in [0.717, 1.165) is 24.3 Å². The van der Waals surface area contributed by atoms with Crippen LogP contribution in [-0.2, 0) is 4.79 Å². The first-order valence-corrected chi connectivity index (χ1v) is 5.25. The summed E-state index contributed by atoms with van der Waals surface area (Å²) < 4.78 is 40.1. The lowest BCUT2D eigenvalue weighted by Gasteiger charge is -2.04. The van der Waals surface area contributed by atoms with Crippen molar-refractivity contribution in [2.45, 2.75) is 6.92 Å². The van der Waals surface area contributed by atoms with Gasteiger partial charge in [-0.2, -0.15) is 0 Å². The van der Waals surface area contributed by atoms with E-state index in [1.165, 1.54) is 13.0 Å². The highest BCUT2D eigenvalue weighted by Gasteiger charge is 2.11. The van der Waals surface area contributed by atoms with Gasteiger partial charge in [-0.1, -0.05) is 18.7 Å². The molecule has 0 radical (unpaired) electrons. The van der Waals surface area contributed by atoms with Gasteiger partial charge in [-0.05, 0) is 30.7 Å². The van der Waals surface area contributed by atoms with Crippen molar-refractivity contribution in [1.82, 2.24) is 0 Å². The lowest BCUT2D eigenvalue weighted by Crippen LogP contribution is -1.98. The number of carbonyl (C=O) groups is 1. The molecule has 0 aliphatic carbocycles. The molecule has 0 saturated carbocycles. The predicted octanol–water partition coefficient (Wildman–Crippen LogP) is 3.86. The van der Waals surface area contributed by atoms with Crippen molar-refractivity contribution in [1.29, 1.82) is 0 Å². The summed E-state index contributed by atoms with van der Waals surface area (Å²) in [5, 5.41) is 8.50. The Bertz CT molecular complexity index is 566. The van der Waals surface area contributed by atoms with E-state index in [4.69, 9.17) is 5.11 Å². The summed E-state index contributed by atoms with van der Waals surface area (Å²) in [6.45, 7) is 4.40. The zero-order valence-corrected chi connectivity index (χ0v) is 10.1. The van der Waals surface area contributed by atoms with Crippen LogP contribution in [0, 0.1) is 11.6 Å². The molecule has 1 rings (SSSR count). The van der Waals surface area contributed by atoms with Crippen LogP contribution in [0.25, 0.3) is 5.57 Å². The number of hydrogen-bond donors (Lipinski definition) is 1. The second-order valence-electron chi connectivity index (χ2n) is 3.74. The third-order valence-corrected chi connectivity index (χ3v) is 2.38. The third kappa shape index (κ3) is 3.58. The van der Waals surface area contributed by atoms with Gasteiger partial charge in [-0.3, -0.25) is 0 Å². The van der Waals surface area contributed by atoms with Gasteiger partial charge in [-0.25, -0.2) is 18.0 Å². The topological polar surface area (TPSA) is 37.3 Å². The maximum atomic E-state index is 13.4. The molecule has 5 heteroatoms. The first-order valence-electron chi connectivity index (χ1n) is 5.25. The van der Waals surface area contributed by atoms with Gasteiger partial charge in [-0.15, -0.1) is 0 Å². The molecule has 0 amide bonds. The van der Waals surface area contributed by atoms with Crippen molar-refractivity contribution in [3.8, 4) is 0 Å². The lowest BCUT2D eigenvalue weighted by molar-refractivity contribution is -0.132. The SMILES string of the molecule is C=C(C(=O)O)/C(F)=C\C=C(/C)c1c(F)cccc1F. The number of benzene rings is 1. The molecule has 0 aliphatic rings. The van der Waals surface area contributed by atoms with E-state index in [-0.39, 0.29) is 11.1 Å². The van der Waals surface area contributed by atoms with Crippen LogP contribution in [0.1, 0.15) is 12.5 Å². The zero-order chi connectivity index (χ0) is 14.6. The minimum atomic E-state index is -1.50. The number of halogens is 3. The Morgan fingerprint density at radius 2 is 1.79 bits per heavy atom. The molecule has 1 N–H and O–H groups in total. The Kier molecular flexibility index (Phi) is 4.69. The highest BCUT2D eigenvalue weighted by Crippen LogP contribution is 2.22. The fourth-order valence-corrected chi connectivity index (χ4v) is 1.36. The van der Waals surface area contributed by atoms with Crippen molar-refractivity contribution < 1.29 is 23.1 Å². The van der Waals surface area contributed by atoms with Crippen LogP contribution in [0.5, 0.6) is 0 Å². The standard InChI is InChI=1S/C14H11F3O2/c1-8(6-7-10(15)9(2)14(18)19)13-11(16)4-3-5-12(13)17/h3-7H,2H2,1H3,(H,18,19)/b8-6+,10-7+. The van der Waals surface area contributed by atoms with Crippen LogP contribution in [0.2, 0.25) is 0 Å². The number of carboxylic acid groups (broad SMARTS) is 1. The molecular formula is C14H11F3O2. The quantitative estimate of drug-likeness (QED) is 0.665. The smallest absolute Gasteiger partial charge is 0.338 e. The molecule has 0 saturated heterocycles. The minimum absolute atomic E-state index is 0.129. The average molecular weight is 268 g/mol. The zero-order valence-electron chi connectivity index (χ0n) is 10.1. The first kappa shape index (κ1) is 14.8. The van der Waals surface area contributed by atoms with Gasteiger partial charge in [0.25, 0.3) is 0 Å². The second-order valence-corrected chi connectivity index (χ2v) is 3.74. The number of allylic oxidation sites excluding steroid dienone is 3. The van der Waals surface area contributed by atoms with E-state index in [1.54, 1.807) is 0 Å². The van der Waals surface area contributed by atoms with Crippen LogP contribution >= 0.6 is 0 Å². The predicted molar refractivity (Wildman–Crippen MR) is 66.0 cm³/mol. The summed E-state index contributed by atoms with van der Waals surface area (Å²) >= 11 is 0. The fraction of sp³-hybridized carbons (Fsp3) is 0.0714. The van der Waals surface area contributed by atoms with E-state index in [9.17, 15) is 18.0 Å². The molecule has 0 unspecified atom stereocenters. The molecule has 0 aromatic heterocycles. The number of aliphatic carboxylic acids is 1. The van der Waals surface area contributed by atoms with E-state index in [0.29, 0.717) is 0 Å². The van der Waals surface area contributed by atoms with E-state index in [2.05, 4.69) is 6.58 Å². The van der Waals surface area contributed by atoms with Gasteiger partial charge in [0, 0.05) is 5.56 Å². The van der Waals surface area contributed by atoms with Crippen molar-refractivity contribution >= 4 is 11.5 Å². The molecule has 1 aromatic carbocycles. The molecule has 0 spiro atoms. The van der Waals surface area contributed by atoms with Gasteiger partial charge >= 0.3 is 5.97 Å². The number of carboxylic acids is 1. The van der Waals surface area contributed by atoms with Crippen molar-refractivity contribution in [2.75, 3.05) is 0 Å². The normalized spacial score (nSPS) is 12.4. The molecule has 100 valence electrons. The molecule has 0 heterocycles. The Balaban J connectivity index is 3.10. The van der Waals surface area contributed by atoms with Gasteiger partial charge < -0.3 is 5.11 Å². The second kappa shape index (κ2) is 6.04. The minimum Gasteiger partial charge on any atom is -0.478 e. The van der Waals surface area contributed by atoms with Gasteiger partial charge in [0.1, 0.15) is 17.5 Å². The van der Waals surface area contributed by atoms with Crippen molar-refractivity contribution in [2.24, 2.45) is 0 Å². The lowest BCUT2D eigenvalue weighted by atomic mass is 10.1. The molecule has 0 fully saturated rings. The van der Waals surface area contributed by atoms with Gasteiger partial charge in [0.2, 0.25) is 0 Å². The van der Waals surface area contributed by atoms with Crippen molar-refractivity contribution in [3.63, 3.8) is 0 Å². The molecule has 1 aromatic rings. The van der Waals surface area contributed by atoms with E-state index in [1.807, 2.05) is 0 Å². The monoisotopic (exact) mass is 268 g/mol.